The molecule has 0 radical (unpaired) electrons. The molecule has 0 saturated carbocycles. The largest absolute Gasteiger partial charge is 0.479 e. The number of aryl methyl sites for hydroxylation is 1. The first-order chi connectivity index (χ1) is 10.1. The maximum atomic E-state index is 11.2. The highest BCUT2D eigenvalue weighted by Gasteiger charge is 2.18. The topological polar surface area (TPSA) is 59.4 Å². The molecule has 1 unspecified atom stereocenters. The van der Waals surface area contributed by atoms with Crippen LogP contribution in [0.25, 0.3) is 10.6 Å². The van der Waals surface area contributed by atoms with E-state index in [0.29, 0.717) is 12.2 Å². The third kappa shape index (κ3) is 4.29. The molecule has 0 aliphatic rings. The van der Waals surface area contributed by atoms with E-state index < -0.39 is 12.1 Å². The van der Waals surface area contributed by atoms with E-state index >= 15 is 0 Å². The zero-order chi connectivity index (χ0) is 15.2. The van der Waals surface area contributed by atoms with Crippen molar-refractivity contribution in [1.29, 1.82) is 0 Å². The Bertz CT molecular complexity index is 592. The van der Waals surface area contributed by atoms with Crippen molar-refractivity contribution in [2.24, 2.45) is 0 Å². The van der Waals surface area contributed by atoms with E-state index in [1.54, 1.807) is 23.5 Å². The average molecular weight is 305 g/mol. The number of carbonyl (C=O) groups is 1. The van der Waals surface area contributed by atoms with Gasteiger partial charge in [-0.2, -0.15) is 0 Å². The monoisotopic (exact) mass is 305 g/mol. The van der Waals surface area contributed by atoms with Gasteiger partial charge in [0.15, 0.2) is 6.10 Å². The van der Waals surface area contributed by atoms with Gasteiger partial charge in [0.2, 0.25) is 0 Å². The van der Waals surface area contributed by atoms with E-state index in [-0.39, 0.29) is 0 Å². The van der Waals surface area contributed by atoms with Crippen LogP contribution in [0.1, 0.15) is 31.9 Å². The summed E-state index contributed by atoms with van der Waals surface area (Å²) in [7, 11) is 0. The SMILES string of the molecule is CCCCC(Oc1ccc(-c2nc(C)cs2)cc1)C(=O)O. The molecule has 0 spiro atoms. The van der Waals surface area contributed by atoms with E-state index in [1.807, 2.05) is 31.4 Å². The van der Waals surface area contributed by atoms with Gasteiger partial charge in [-0.25, -0.2) is 9.78 Å². The molecule has 0 fully saturated rings. The van der Waals surface area contributed by atoms with Crippen LogP contribution in [0.15, 0.2) is 29.6 Å². The summed E-state index contributed by atoms with van der Waals surface area (Å²) in [4.78, 5) is 15.6. The molecule has 0 aliphatic heterocycles. The lowest BCUT2D eigenvalue weighted by Gasteiger charge is -2.14. The third-order valence-electron chi connectivity index (χ3n) is 3.09. The fourth-order valence-corrected chi connectivity index (χ4v) is 2.75. The van der Waals surface area contributed by atoms with Crippen molar-refractivity contribution in [3.05, 3.63) is 35.3 Å². The van der Waals surface area contributed by atoms with Crippen molar-refractivity contribution in [2.75, 3.05) is 0 Å². The van der Waals surface area contributed by atoms with Crippen LogP contribution in [-0.4, -0.2) is 22.2 Å². The zero-order valence-corrected chi connectivity index (χ0v) is 13.0. The molecule has 1 heterocycles. The average Bonchev–Trinajstić information content (AvgIpc) is 2.90. The highest BCUT2D eigenvalue weighted by Crippen LogP contribution is 2.26. The maximum Gasteiger partial charge on any atom is 0.344 e. The number of carboxylic acid groups (broad SMARTS) is 1. The molecule has 1 atom stereocenters. The third-order valence-corrected chi connectivity index (χ3v) is 4.10. The second-order valence-electron chi connectivity index (χ2n) is 4.91. The summed E-state index contributed by atoms with van der Waals surface area (Å²) >= 11 is 1.59. The van der Waals surface area contributed by atoms with E-state index in [9.17, 15) is 4.79 Å². The molecule has 1 aromatic carbocycles. The van der Waals surface area contributed by atoms with Gasteiger partial charge in [0.25, 0.3) is 0 Å². The Kier molecular flexibility index (Phi) is 5.33. The highest BCUT2D eigenvalue weighted by atomic mass is 32.1. The summed E-state index contributed by atoms with van der Waals surface area (Å²) in [5, 5.41) is 12.1. The van der Waals surface area contributed by atoms with Crippen molar-refractivity contribution in [2.45, 2.75) is 39.2 Å². The molecule has 0 saturated heterocycles. The van der Waals surface area contributed by atoms with Gasteiger partial charge in [-0.15, -0.1) is 11.3 Å². The summed E-state index contributed by atoms with van der Waals surface area (Å²) in [5.41, 5.74) is 2.02. The van der Waals surface area contributed by atoms with E-state index in [2.05, 4.69) is 4.98 Å². The first kappa shape index (κ1) is 15.5. The lowest BCUT2D eigenvalue weighted by atomic mass is 10.1. The smallest absolute Gasteiger partial charge is 0.344 e. The first-order valence-corrected chi connectivity index (χ1v) is 7.90. The number of ether oxygens (including phenoxy) is 1. The quantitative estimate of drug-likeness (QED) is 0.835. The van der Waals surface area contributed by atoms with E-state index in [4.69, 9.17) is 9.84 Å². The summed E-state index contributed by atoms with van der Waals surface area (Å²) in [6.45, 7) is 3.99. The predicted molar refractivity (Wildman–Crippen MR) is 83.9 cm³/mol. The number of hydrogen-bond donors (Lipinski definition) is 1. The maximum absolute atomic E-state index is 11.2. The van der Waals surface area contributed by atoms with Crippen LogP contribution in [-0.2, 0) is 4.79 Å². The van der Waals surface area contributed by atoms with Crippen LogP contribution in [0.5, 0.6) is 5.75 Å². The normalized spacial score (nSPS) is 12.1. The molecule has 2 rings (SSSR count). The van der Waals surface area contributed by atoms with Crippen LogP contribution in [0.2, 0.25) is 0 Å². The predicted octanol–water partition coefficient (Wildman–Crippen LogP) is 4.14. The first-order valence-electron chi connectivity index (χ1n) is 7.02. The summed E-state index contributed by atoms with van der Waals surface area (Å²) in [5.74, 6) is -0.335. The summed E-state index contributed by atoms with van der Waals surface area (Å²) < 4.78 is 5.56. The van der Waals surface area contributed by atoms with E-state index in [1.165, 1.54) is 0 Å². The van der Waals surface area contributed by atoms with Gasteiger partial charge < -0.3 is 9.84 Å². The van der Waals surface area contributed by atoms with Gasteiger partial charge in [0, 0.05) is 16.6 Å². The van der Waals surface area contributed by atoms with Gasteiger partial charge >= 0.3 is 5.97 Å². The van der Waals surface area contributed by atoms with Gasteiger partial charge in [-0.1, -0.05) is 13.3 Å². The molecule has 21 heavy (non-hydrogen) atoms. The van der Waals surface area contributed by atoms with Crippen LogP contribution >= 0.6 is 11.3 Å². The van der Waals surface area contributed by atoms with Gasteiger partial charge in [0.05, 0.1) is 0 Å². The number of rotatable bonds is 7. The number of nitrogens with zero attached hydrogens (tertiary/aromatic N) is 1. The summed E-state index contributed by atoms with van der Waals surface area (Å²) in [6, 6.07) is 7.42. The molecule has 4 nitrogen and oxygen atoms in total. The number of thiazole rings is 1. The molecular weight excluding hydrogens is 286 g/mol. The van der Waals surface area contributed by atoms with Crippen molar-refractivity contribution in [1.82, 2.24) is 4.98 Å². The fraction of sp³-hybridized carbons (Fsp3) is 0.375. The van der Waals surface area contributed by atoms with Gasteiger partial charge in [-0.3, -0.25) is 0 Å². The Morgan fingerprint density at radius 3 is 2.62 bits per heavy atom. The second kappa shape index (κ2) is 7.22. The Morgan fingerprint density at radius 1 is 1.38 bits per heavy atom. The molecule has 0 bridgehead atoms. The molecule has 1 N–H and O–H groups in total. The Hall–Kier alpha value is -1.88. The fourth-order valence-electron chi connectivity index (χ4n) is 1.95. The molecule has 0 amide bonds. The van der Waals surface area contributed by atoms with Crippen molar-refractivity contribution in [3.63, 3.8) is 0 Å². The summed E-state index contributed by atoms with van der Waals surface area (Å²) in [6.07, 6.45) is 1.54. The minimum atomic E-state index is -0.914. The minimum absolute atomic E-state index is 0.527. The number of unbranched alkanes of at least 4 members (excludes halogenated alkanes) is 1. The highest BCUT2D eigenvalue weighted by molar-refractivity contribution is 7.13. The number of hydrogen-bond acceptors (Lipinski definition) is 4. The van der Waals surface area contributed by atoms with Crippen LogP contribution in [0, 0.1) is 6.92 Å². The standard InChI is InChI=1S/C16H19NO3S/c1-3-4-5-14(16(18)19)20-13-8-6-12(7-9-13)15-17-11(2)10-21-15/h6-10,14H,3-5H2,1-2H3,(H,18,19). The lowest BCUT2D eigenvalue weighted by molar-refractivity contribution is -0.145. The molecule has 0 aliphatic carbocycles. The van der Waals surface area contributed by atoms with Gasteiger partial charge in [0.1, 0.15) is 10.8 Å². The molecule has 2 aromatic rings. The lowest BCUT2D eigenvalue weighted by Crippen LogP contribution is -2.26. The number of benzene rings is 1. The molecule has 1 aromatic heterocycles. The Labute approximate surface area is 128 Å². The number of aromatic nitrogens is 1. The van der Waals surface area contributed by atoms with Crippen LogP contribution in [0.3, 0.4) is 0 Å². The Morgan fingerprint density at radius 2 is 2.10 bits per heavy atom. The van der Waals surface area contributed by atoms with Crippen LogP contribution in [0.4, 0.5) is 0 Å². The van der Waals surface area contributed by atoms with Crippen molar-refractivity contribution >= 4 is 17.3 Å². The molecular formula is C16H19NO3S. The van der Waals surface area contributed by atoms with E-state index in [0.717, 1.165) is 29.1 Å². The van der Waals surface area contributed by atoms with Crippen molar-refractivity contribution < 1.29 is 14.6 Å². The molecule has 5 heteroatoms. The molecule has 112 valence electrons. The zero-order valence-electron chi connectivity index (χ0n) is 12.2. The number of carboxylic acids is 1. The minimum Gasteiger partial charge on any atom is -0.479 e. The Balaban J connectivity index is 2.05. The van der Waals surface area contributed by atoms with Crippen LogP contribution < -0.4 is 4.74 Å². The van der Waals surface area contributed by atoms with Gasteiger partial charge in [-0.05, 0) is 44.0 Å². The number of aliphatic carboxylic acids is 1. The second-order valence-corrected chi connectivity index (χ2v) is 5.76. The van der Waals surface area contributed by atoms with Crippen molar-refractivity contribution in [3.8, 4) is 16.3 Å².